The number of carbonyl (C=O) groups excluding carboxylic acids is 1. The molecule has 0 aromatic heterocycles. The van der Waals surface area contributed by atoms with Gasteiger partial charge in [0.05, 0.1) is 6.61 Å². The highest BCUT2D eigenvalue weighted by molar-refractivity contribution is 5.84. The molecule has 1 aromatic carbocycles. The van der Waals surface area contributed by atoms with E-state index in [2.05, 4.69) is 17.1 Å². The van der Waals surface area contributed by atoms with Gasteiger partial charge in [0.1, 0.15) is 12.4 Å². The molecule has 0 radical (unpaired) electrons. The fourth-order valence-corrected chi connectivity index (χ4v) is 3.16. The molecule has 0 aliphatic carbocycles. The number of nitrogens with one attached hydrogen (secondary N) is 1. The van der Waals surface area contributed by atoms with Crippen LogP contribution in [-0.2, 0) is 4.74 Å². The van der Waals surface area contributed by atoms with E-state index in [0.717, 1.165) is 31.8 Å². The maximum absolute atomic E-state index is 11.9. The van der Waals surface area contributed by atoms with Crippen LogP contribution in [0.25, 0.3) is 0 Å². The lowest BCUT2D eigenvalue weighted by atomic mass is 10.1. The van der Waals surface area contributed by atoms with Gasteiger partial charge in [-0.1, -0.05) is 45.1 Å². The molecule has 0 bridgehead atoms. The number of rotatable bonds is 11. The van der Waals surface area contributed by atoms with Gasteiger partial charge in [0.2, 0.25) is 0 Å². The second kappa shape index (κ2) is 12.6. The van der Waals surface area contributed by atoms with Crippen molar-refractivity contribution in [3.63, 3.8) is 0 Å². The summed E-state index contributed by atoms with van der Waals surface area (Å²) >= 11 is 0. The van der Waals surface area contributed by atoms with E-state index in [4.69, 9.17) is 9.47 Å². The number of piperidine rings is 1. The molecule has 1 fully saturated rings. The number of likely N-dealkylation sites (tertiary alicyclic amines) is 1. The summed E-state index contributed by atoms with van der Waals surface area (Å²) in [6, 6.07) is 7.49. The van der Waals surface area contributed by atoms with E-state index in [-0.39, 0.29) is 0 Å². The average Bonchev–Trinajstić information content (AvgIpc) is 2.66. The number of benzene rings is 1. The molecule has 1 aromatic rings. The fraction of sp³-hybridized carbons (Fsp3) is 0.667. The van der Waals surface area contributed by atoms with Crippen LogP contribution in [0.2, 0.25) is 0 Å². The summed E-state index contributed by atoms with van der Waals surface area (Å²) in [5, 5.41) is 2.78. The molecule has 1 aliphatic rings. The predicted molar refractivity (Wildman–Crippen MR) is 106 cm³/mol. The summed E-state index contributed by atoms with van der Waals surface area (Å²) in [4.78, 5) is 14.3. The topological polar surface area (TPSA) is 50.8 Å². The molecule has 2 rings (SSSR count). The van der Waals surface area contributed by atoms with Crippen LogP contribution in [0.5, 0.6) is 5.75 Å². The van der Waals surface area contributed by atoms with Crippen LogP contribution in [0, 0.1) is 0 Å². The third kappa shape index (κ3) is 8.56. The zero-order valence-corrected chi connectivity index (χ0v) is 16.2. The van der Waals surface area contributed by atoms with E-state index < -0.39 is 6.09 Å². The summed E-state index contributed by atoms with van der Waals surface area (Å²) in [5.74, 6) is 0.784. The Bertz CT molecular complexity index is 516. The van der Waals surface area contributed by atoms with E-state index >= 15 is 0 Å². The molecule has 5 nitrogen and oxygen atoms in total. The SMILES string of the molecule is CCCCCCCOc1cccc(NC(=O)OCCN2CCCCC2)c1. The molecule has 1 N–H and O–H groups in total. The van der Waals surface area contributed by atoms with Crippen molar-refractivity contribution in [1.82, 2.24) is 4.90 Å². The van der Waals surface area contributed by atoms with Crippen molar-refractivity contribution in [3.8, 4) is 5.75 Å². The first-order chi connectivity index (χ1) is 12.8. The molecule has 1 amide bonds. The van der Waals surface area contributed by atoms with Crippen LogP contribution in [0.3, 0.4) is 0 Å². The van der Waals surface area contributed by atoms with Crippen molar-refractivity contribution >= 4 is 11.8 Å². The highest BCUT2D eigenvalue weighted by Gasteiger charge is 2.11. The number of anilines is 1. The van der Waals surface area contributed by atoms with E-state index in [1.54, 1.807) is 0 Å². The first-order valence-electron chi connectivity index (χ1n) is 10.2. The van der Waals surface area contributed by atoms with Gasteiger partial charge in [0.25, 0.3) is 0 Å². The fourth-order valence-electron chi connectivity index (χ4n) is 3.16. The Hall–Kier alpha value is -1.75. The Balaban J connectivity index is 1.62. The Morgan fingerprint density at radius 2 is 1.88 bits per heavy atom. The Labute approximate surface area is 158 Å². The van der Waals surface area contributed by atoms with Crippen molar-refractivity contribution in [1.29, 1.82) is 0 Å². The third-order valence-corrected chi connectivity index (χ3v) is 4.69. The molecular weight excluding hydrogens is 328 g/mol. The van der Waals surface area contributed by atoms with Gasteiger partial charge in [-0.15, -0.1) is 0 Å². The minimum absolute atomic E-state index is 0.404. The lowest BCUT2D eigenvalue weighted by Crippen LogP contribution is -2.33. The number of carbonyl (C=O) groups is 1. The Kier molecular flexibility index (Phi) is 9.95. The Morgan fingerprint density at radius 1 is 1.08 bits per heavy atom. The molecule has 1 saturated heterocycles. The quantitative estimate of drug-likeness (QED) is 0.558. The number of unbranched alkanes of at least 4 members (excludes halogenated alkanes) is 4. The molecule has 1 heterocycles. The zero-order valence-electron chi connectivity index (χ0n) is 16.2. The third-order valence-electron chi connectivity index (χ3n) is 4.69. The van der Waals surface area contributed by atoms with Crippen molar-refractivity contribution < 1.29 is 14.3 Å². The lowest BCUT2D eigenvalue weighted by Gasteiger charge is -2.25. The second-order valence-corrected chi connectivity index (χ2v) is 6.95. The minimum atomic E-state index is -0.404. The smallest absolute Gasteiger partial charge is 0.411 e. The molecule has 0 saturated carbocycles. The van der Waals surface area contributed by atoms with Gasteiger partial charge in [-0.05, 0) is 44.5 Å². The highest BCUT2D eigenvalue weighted by Crippen LogP contribution is 2.18. The van der Waals surface area contributed by atoms with Crippen molar-refractivity contribution in [3.05, 3.63) is 24.3 Å². The van der Waals surface area contributed by atoms with Gasteiger partial charge < -0.3 is 9.47 Å². The van der Waals surface area contributed by atoms with Gasteiger partial charge in [-0.25, -0.2) is 4.79 Å². The van der Waals surface area contributed by atoms with Crippen LogP contribution < -0.4 is 10.1 Å². The van der Waals surface area contributed by atoms with E-state index in [1.807, 2.05) is 24.3 Å². The summed E-state index contributed by atoms with van der Waals surface area (Å²) in [6.07, 6.45) is 9.49. The molecule has 0 unspecified atom stereocenters. The van der Waals surface area contributed by atoms with Crippen molar-refractivity contribution in [2.75, 3.05) is 38.2 Å². The Morgan fingerprint density at radius 3 is 2.69 bits per heavy atom. The van der Waals surface area contributed by atoms with Gasteiger partial charge in [-0.3, -0.25) is 10.2 Å². The van der Waals surface area contributed by atoms with Crippen LogP contribution >= 0.6 is 0 Å². The predicted octanol–water partition coefficient (Wildman–Crippen LogP) is 5.07. The highest BCUT2D eigenvalue weighted by atomic mass is 16.5. The molecule has 26 heavy (non-hydrogen) atoms. The van der Waals surface area contributed by atoms with Crippen LogP contribution in [0.4, 0.5) is 10.5 Å². The monoisotopic (exact) mass is 362 g/mol. The number of nitrogens with zero attached hydrogens (tertiary/aromatic N) is 1. The number of hydrogen-bond donors (Lipinski definition) is 1. The standard InChI is InChI=1S/C21H34N2O3/c1-2-3-4-5-9-16-25-20-12-10-11-19(18-20)22-21(24)26-17-15-23-13-7-6-8-14-23/h10-12,18H,2-9,13-17H2,1H3,(H,22,24). The molecule has 0 spiro atoms. The molecule has 5 heteroatoms. The number of ether oxygens (including phenoxy) is 2. The van der Waals surface area contributed by atoms with E-state index in [9.17, 15) is 4.79 Å². The summed E-state index contributed by atoms with van der Waals surface area (Å²) in [5.41, 5.74) is 0.705. The van der Waals surface area contributed by atoms with Crippen molar-refractivity contribution in [2.45, 2.75) is 58.3 Å². The maximum atomic E-state index is 11.9. The lowest BCUT2D eigenvalue weighted by molar-refractivity contribution is 0.131. The van der Waals surface area contributed by atoms with Gasteiger partial charge in [-0.2, -0.15) is 0 Å². The molecule has 0 atom stereocenters. The van der Waals surface area contributed by atoms with Crippen molar-refractivity contribution in [2.24, 2.45) is 0 Å². The van der Waals surface area contributed by atoms with Gasteiger partial charge >= 0.3 is 6.09 Å². The van der Waals surface area contributed by atoms with E-state index in [1.165, 1.54) is 44.9 Å². The molecular formula is C21H34N2O3. The number of amides is 1. The summed E-state index contributed by atoms with van der Waals surface area (Å²) in [6.45, 7) is 6.40. The van der Waals surface area contributed by atoms with E-state index in [0.29, 0.717) is 18.9 Å². The van der Waals surface area contributed by atoms with Gasteiger partial charge in [0, 0.05) is 18.3 Å². The molecule has 1 aliphatic heterocycles. The summed E-state index contributed by atoms with van der Waals surface area (Å²) < 4.78 is 11.1. The van der Waals surface area contributed by atoms with Crippen LogP contribution in [0.15, 0.2) is 24.3 Å². The first-order valence-corrected chi connectivity index (χ1v) is 10.2. The second-order valence-electron chi connectivity index (χ2n) is 6.95. The van der Waals surface area contributed by atoms with Crippen LogP contribution in [-0.4, -0.2) is 43.8 Å². The zero-order chi connectivity index (χ0) is 18.5. The first kappa shape index (κ1) is 20.6. The average molecular weight is 363 g/mol. The van der Waals surface area contributed by atoms with Gasteiger partial charge in [0.15, 0.2) is 0 Å². The minimum Gasteiger partial charge on any atom is -0.494 e. The largest absolute Gasteiger partial charge is 0.494 e. The normalized spacial score (nSPS) is 14.8. The number of hydrogen-bond acceptors (Lipinski definition) is 4. The molecule has 146 valence electrons. The maximum Gasteiger partial charge on any atom is 0.411 e. The summed E-state index contributed by atoms with van der Waals surface area (Å²) in [7, 11) is 0. The van der Waals surface area contributed by atoms with Crippen LogP contribution in [0.1, 0.15) is 58.3 Å².